The van der Waals surface area contributed by atoms with E-state index in [1.54, 1.807) is 36.4 Å². The van der Waals surface area contributed by atoms with E-state index in [-0.39, 0.29) is 11.7 Å². The highest BCUT2D eigenvalue weighted by atomic mass is 79.9. The molecular formula is C18H14BrCl3N4OS. The van der Waals surface area contributed by atoms with Crippen molar-refractivity contribution in [3.05, 3.63) is 55.9 Å². The van der Waals surface area contributed by atoms with Crippen LogP contribution in [0.2, 0.25) is 15.1 Å². The monoisotopic (exact) mass is 518 g/mol. The second-order valence-corrected chi connectivity index (χ2v) is 8.69. The molecule has 0 fully saturated rings. The van der Waals surface area contributed by atoms with E-state index in [1.807, 2.05) is 11.5 Å². The Morgan fingerprint density at radius 3 is 2.61 bits per heavy atom. The third-order valence-corrected chi connectivity index (χ3v) is 6.49. The molecule has 146 valence electrons. The van der Waals surface area contributed by atoms with Crippen molar-refractivity contribution < 1.29 is 4.79 Å². The number of hydrogen-bond donors (Lipinski definition) is 1. The SMILES string of the molecule is CCn1c(SCC(=O)Nc2ccc(Br)c(Cl)c2)nnc1-c1ccc(Cl)cc1Cl. The minimum absolute atomic E-state index is 0.167. The van der Waals surface area contributed by atoms with E-state index in [0.29, 0.717) is 38.3 Å². The van der Waals surface area contributed by atoms with Crippen LogP contribution < -0.4 is 5.32 Å². The van der Waals surface area contributed by atoms with Crippen molar-refractivity contribution in [3.8, 4) is 11.4 Å². The number of carbonyl (C=O) groups excluding carboxylic acids is 1. The maximum absolute atomic E-state index is 12.3. The first-order valence-electron chi connectivity index (χ1n) is 8.15. The van der Waals surface area contributed by atoms with Gasteiger partial charge in [0, 0.05) is 27.3 Å². The van der Waals surface area contributed by atoms with E-state index in [1.165, 1.54) is 11.8 Å². The number of aromatic nitrogens is 3. The van der Waals surface area contributed by atoms with Gasteiger partial charge in [-0.15, -0.1) is 10.2 Å². The average molecular weight is 521 g/mol. The molecule has 0 aliphatic heterocycles. The molecule has 0 aliphatic carbocycles. The first kappa shape index (κ1) is 21.5. The number of amides is 1. The number of rotatable bonds is 6. The zero-order chi connectivity index (χ0) is 20.3. The van der Waals surface area contributed by atoms with Crippen LogP contribution in [0, 0.1) is 0 Å². The van der Waals surface area contributed by atoms with Gasteiger partial charge < -0.3 is 9.88 Å². The number of halogens is 4. The fourth-order valence-corrected chi connectivity index (χ4v) is 4.17. The lowest BCUT2D eigenvalue weighted by molar-refractivity contribution is -0.113. The van der Waals surface area contributed by atoms with Gasteiger partial charge in [-0.25, -0.2) is 0 Å². The molecule has 0 radical (unpaired) electrons. The van der Waals surface area contributed by atoms with Gasteiger partial charge in [0.05, 0.1) is 15.8 Å². The Bertz CT molecular complexity index is 1030. The summed E-state index contributed by atoms with van der Waals surface area (Å²) in [6.45, 7) is 2.61. The van der Waals surface area contributed by atoms with Gasteiger partial charge in [-0.1, -0.05) is 46.6 Å². The second-order valence-electron chi connectivity index (χ2n) is 5.64. The molecular weight excluding hydrogens is 507 g/mol. The van der Waals surface area contributed by atoms with Crippen molar-refractivity contribution in [3.63, 3.8) is 0 Å². The van der Waals surface area contributed by atoms with Gasteiger partial charge in [0.15, 0.2) is 11.0 Å². The topological polar surface area (TPSA) is 59.8 Å². The van der Waals surface area contributed by atoms with E-state index in [4.69, 9.17) is 34.8 Å². The highest BCUT2D eigenvalue weighted by Crippen LogP contribution is 2.31. The number of thioether (sulfide) groups is 1. The van der Waals surface area contributed by atoms with Crippen LogP contribution in [-0.2, 0) is 11.3 Å². The lowest BCUT2D eigenvalue weighted by Crippen LogP contribution is -2.14. The highest BCUT2D eigenvalue weighted by molar-refractivity contribution is 9.10. The van der Waals surface area contributed by atoms with Crippen molar-refractivity contribution in [2.24, 2.45) is 0 Å². The molecule has 0 aliphatic rings. The van der Waals surface area contributed by atoms with Gasteiger partial charge in [0.25, 0.3) is 0 Å². The molecule has 0 atom stereocenters. The second kappa shape index (κ2) is 9.50. The minimum atomic E-state index is -0.167. The number of anilines is 1. The zero-order valence-corrected chi connectivity index (χ0v) is 19.2. The molecule has 10 heteroatoms. The fourth-order valence-electron chi connectivity index (χ4n) is 2.45. The molecule has 5 nitrogen and oxygen atoms in total. The van der Waals surface area contributed by atoms with E-state index in [0.717, 1.165) is 10.0 Å². The molecule has 3 rings (SSSR count). The number of nitrogens with one attached hydrogen (secondary N) is 1. The summed E-state index contributed by atoms with van der Waals surface area (Å²) in [6.07, 6.45) is 0. The lowest BCUT2D eigenvalue weighted by Gasteiger charge is -2.09. The van der Waals surface area contributed by atoms with Gasteiger partial charge in [0.2, 0.25) is 5.91 Å². The maximum atomic E-state index is 12.3. The van der Waals surface area contributed by atoms with Gasteiger partial charge in [-0.05, 0) is 59.3 Å². The van der Waals surface area contributed by atoms with Crippen LogP contribution >= 0.6 is 62.5 Å². The fraction of sp³-hybridized carbons (Fsp3) is 0.167. The van der Waals surface area contributed by atoms with Crippen molar-refractivity contribution in [1.29, 1.82) is 0 Å². The first-order valence-corrected chi connectivity index (χ1v) is 11.1. The number of carbonyl (C=O) groups is 1. The Balaban J connectivity index is 1.71. The van der Waals surface area contributed by atoms with Gasteiger partial charge in [0.1, 0.15) is 0 Å². The Hall–Kier alpha value is -1.25. The van der Waals surface area contributed by atoms with Crippen LogP contribution in [0.5, 0.6) is 0 Å². The molecule has 1 amide bonds. The Morgan fingerprint density at radius 2 is 1.93 bits per heavy atom. The molecule has 0 saturated carbocycles. The summed E-state index contributed by atoms with van der Waals surface area (Å²) in [5.74, 6) is 0.645. The smallest absolute Gasteiger partial charge is 0.234 e. The normalized spacial score (nSPS) is 10.9. The Labute approximate surface area is 189 Å². The maximum Gasteiger partial charge on any atom is 0.234 e. The summed E-state index contributed by atoms with van der Waals surface area (Å²) >= 11 is 22.9. The molecule has 2 aromatic carbocycles. The third kappa shape index (κ3) is 5.02. The molecule has 0 saturated heterocycles. The zero-order valence-electron chi connectivity index (χ0n) is 14.5. The summed E-state index contributed by atoms with van der Waals surface area (Å²) in [5, 5.41) is 13.5. The molecule has 28 heavy (non-hydrogen) atoms. The standard InChI is InChI=1S/C18H14BrCl3N4OS/c1-2-26-17(12-5-3-10(20)7-14(12)21)24-25-18(26)28-9-16(27)23-11-4-6-13(19)15(22)8-11/h3-8H,2,9H2,1H3,(H,23,27). The molecule has 3 aromatic rings. The molecule has 0 spiro atoms. The van der Waals surface area contributed by atoms with Gasteiger partial charge >= 0.3 is 0 Å². The number of nitrogens with zero attached hydrogens (tertiary/aromatic N) is 3. The van der Waals surface area contributed by atoms with E-state index < -0.39 is 0 Å². The minimum Gasteiger partial charge on any atom is -0.325 e. The van der Waals surface area contributed by atoms with Gasteiger partial charge in [-0.2, -0.15) is 0 Å². The van der Waals surface area contributed by atoms with Crippen LogP contribution in [0.1, 0.15) is 6.92 Å². The quantitative estimate of drug-likeness (QED) is 0.381. The highest BCUT2D eigenvalue weighted by Gasteiger charge is 2.17. The lowest BCUT2D eigenvalue weighted by atomic mass is 10.2. The van der Waals surface area contributed by atoms with Crippen LogP contribution in [0.25, 0.3) is 11.4 Å². The van der Waals surface area contributed by atoms with Crippen molar-refractivity contribution in [2.45, 2.75) is 18.6 Å². The first-order chi connectivity index (χ1) is 13.4. The summed E-state index contributed by atoms with van der Waals surface area (Å²) in [6, 6.07) is 10.5. The Morgan fingerprint density at radius 1 is 1.14 bits per heavy atom. The molecule has 0 unspecified atom stereocenters. The van der Waals surface area contributed by atoms with Crippen LogP contribution in [-0.4, -0.2) is 26.4 Å². The van der Waals surface area contributed by atoms with Crippen molar-refractivity contribution >= 4 is 74.1 Å². The van der Waals surface area contributed by atoms with Gasteiger partial charge in [-0.3, -0.25) is 4.79 Å². The predicted octanol–water partition coefficient (Wildman–Crippen LogP) is 6.42. The van der Waals surface area contributed by atoms with Crippen LogP contribution in [0.15, 0.2) is 46.0 Å². The third-order valence-electron chi connectivity index (χ3n) is 3.74. The van der Waals surface area contributed by atoms with Crippen molar-refractivity contribution in [2.75, 3.05) is 11.1 Å². The Kier molecular flexibility index (Phi) is 7.28. The molecule has 1 heterocycles. The molecule has 1 N–H and O–H groups in total. The summed E-state index contributed by atoms with van der Waals surface area (Å²) in [5.41, 5.74) is 1.37. The molecule has 1 aromatic heterocycles. The van der Waals surface area contributed by atoms with E-state index in [2.05, 4.69) is 31.4 Å². The van der Waals surface area contributed by atoms with E-state index in [9.17, 15) is 4.79 Å². The van der Waals surface area contributed by atoms with Crippen LogP contribution in [0.3, 0.4) is 0 Å². The number of hydrogen-bond acceptors (Lipinski definition) is 4. The number of benzene rings is 2. The average Bonchev–Trinajstić information content (AvgIpc) is 3.05. The van der Waals surface area contributed by atoms with Crippen LogP contribution in [0.4, 0.5) is 5.69 Å². The van der Waals surface area contributed by atoms with Crippen molar-refractivity contribution in [1.82, 2.24) is 14.8 Å². The predicted molar refractivity (Wildman–Crippen MR) is 120 cm³/mol. The molecule has 0 bridgehead atoms. The summed E-state index contributed by atoms with van der Waals surface area (Å²) in [4.78, 5) is 12.3. The summed E-state index contributed by atoms with van der Waals surface area (Å²) < 4.78 is 2.68. The van der Waals surface area contributed by atoms with E-state index >= 15 is 0 Å². The summed E-state index contributed by atoms with van der Waals surface area (Å²) in [7, 11) is 0. The largest absolute Gasteiger partial charge is 0.325 e.